The third-order valence-corrected chi connectivity index (χ3v) is 5.85. The number of carbonyl (C=O) groups is 2. The first-order valence-corrected chi connectivity index (χ1v) is 11.2. The van der Waals surface area contributed by atoms with E-state index in [-0.39, 0.29) is 36.0 Å². The first-order chi connectivity index (χ1) is 16.4. The molecular weight excluding hydrogens is 432 g/mol. The van der Waals surface area contributed by atoms with Gasteiger partial charge in [-0.15, -0.1) is 0 Å². The predicted molar refractivity (Wildman–Crippen MR) is 127 cm³/mol. The fourth-order valence-electron chi connectivity index (χ4n) is 4.29. The summed E-state index contributed by atoms with van der Waals surface area (Å²) in [4.78, 5) is 25.5. The second kappa shape index (κ2) is 8.71. The molecule has 0 aliphatic carbocycles. The van der Waals surface area contributed by atoms with Crippen LogP contribution >= 0.6 is 0 Å². The normalized spacial score (nSPS) is 17.8. The quantitative estimate of drug-likeness (QED) is 0.285. The zero-order valence-corrected chi connectivity index (χ0v) is 19.2. The van der Waals surface area contributed by atoms with E-state index in [2.05, 4.69) is 0 Å². The summed E-state index contributed by atoms with van der Waals surface area (Å²) >= 11 is 0. The van der Waals surface area contributed by atoms with Gasteiger partial charge in [0, 0.05) is 11.5 Å². The van der Waals surface area contributed by atoms with Crippen molar-refractivity contribution >= 4 is 17.8 Å². The molecule has 34 heavy (non-hydrogen) atoms. The van der Waals surface area contributed by atoms with Gasteiger partial charge in [-0.25, -0.2) is 0 Å². The minimum Gasteiger partial charge on any atom is -0.497 e. The first-order valence-electron chi connectivity index (χ1n) is 11.2. The molecule has 0 N–H and O–H groups in total. The fourth-order valence-corrected chi connectivity index (χ4v) is 4.29. The lowest BCUT2D eigenvalue weighted by atomic mass is 9.84. The highest BCUT2D eigenvalue weighted by Crippen LogP contribution is 2.49. The average Bonchev–Trinajstić information content (AvgIpc) is 3.14. The number of hydrogen-bond donors (Lipinski definition) is 0. The maximum atomic E-state index is 13.1. The Bertz CT molecular complexity index is 1290. The number of allylic oxidation sites excluding steroid dienone is 1. The van der Waals surface area contributed by atoms with Crippen molar-refractivity contribution in [1.82, 2.24) is 0 Å². The van der Waals surface area contributed by atoms with Gasteiger partial charge in [0.25, 0.3) is 0 Å². The van der Waals surface area contributed by atoms with Crippen LogP contribution < -0.4 is 18.9 Å². The van der Waals surface area contributed by atoms with E-state index in [1.54, 1.807) is 25.3 Å². The summed E-state index contributed by atoms with van der Waals surface area (Å²) in [6, 6.07) is 18.3. The number of Topliss-reactive ketones (excluding diaryl/α,β-unsaturated/α-hetero) is 1. The molecule has 3 aromatic carbocycles. The third kappa shape index (κ3) is 4.03. The highest BCUT2D eigenvalue weighted by atomic mass is 16.5. The number of carbonyl (C=O) groups excluding carboxylic acids is 2. The molecule has 0 bridgehead atoms. The van der Waals surface area contributed by atoms with Gasteiger partial charge >= 0.3 is 5.97 Å². The number of fused-ring (bicyclic) bond motifs is 3. The predicted octanol–water partition coefficient (Wildman–Crippen LogP) is 5.54. The van der Waals surface area contributed by atoms with Gasteiger partial charge in [0.05, 0.1) is 25.2 Å². The minimum atomic E-state index is -0.321. The smallest absolute Gasteiger partial charge is 0.312 e. The molecule has 0 unspecified atom stereocenters. The van der Waals surface area contributed by atoms with Gasteiger partial charge in [0.15, 0.2) is 5.76 Å². The summed E-state index contributed by atoms with van der Waals surface area (Å²) in [7, 11) is 1.60. The van der Waals surface area contributed by atoms with E-state index in [1.807, 2.05) is 62.4 Å². The first kappa shape index (κ1) is 21.8. The van der Waals surface area contributed by atoms with E-state index in [9.17, 15) is 9.59 Å². The number of ether oxygens (including phenoxy) is 4. The molecule has 5 rings (SSSR count). The van der Waals surface area contributed by atoms with Crippen LogP contribution in [0.3, 0.4) is 0 Å². The van der Waals surface area contributed by atoms with Gasteiger partial charge < -0.3 is 18.9 Å². The zero-order chi connectivity index (χ0) is 23.8. The Balaban J connectivity index is 1.52. The summed E-state index contributed by atoms with van der Waals surface area (Å²) in [6.45, 7) is 3.94. The van der Waals surface area contributed by atoms with E-state index < -0.39 is 0 Å². The second-order valence-electron chi connectivity index (χ2n) is 8.53. The molecule has 2 aliphatic rings. The SMILES string of the molecule is COc1ccc(/C=C2\Oc3c(ccc4c3[C@H](c3ccc(OC(C)C)cc3)CC(=O)O4)C2=O)cc1. The van der Waals surface area contributed by atoms with Crippen LogP contribution in [0.25, 0.3) is 6.08 Å². The highest BCUT2D eigenvalue weighted by molar-refractivity contribution is 6.15. The monoisotopic (exact) mass is 456 g/mol. The van der Waals surface area contributed by atoms with E-state index in [0.29, 0.717) is 22.6 Å². The summed E-state index contributed by atoms with van der Waals surface area (Å²) in [5.74, 6) is 1.75. The van der Waals surface area contributed by atoms with Crippen LogP contribution in [-0.4, -0.2) is 25.0 Å². The Morgan fingerprint density at radius 1 is 0.912 bits per heavy atom. The molecule has 172 valence electrons. The van der Waals surface area contributed by atoms with Gasteiger partial charge in [-0.1, -0.05) is 24.3 Å². The second-order valence-corrected chi connectivity index (χ2v) is 8.53. The molecule has 0 fully saturated rings. The van der Waals surface area contributed by atoms with Crippen molar-refractivity contribution in [2.45, 2.75) is 32.3 Å². The Labute approximate surface area is 197 Å². The molecule has 0 spiro atoms. The van der Waals surface area contributed by atoms with Crippen molar-refractivity contribution in [1.29, 1.82) is 0 Å². The highest BCUT2D eigenvalue weighted by Gasteiger charge is 2.38. The largest absolute Gasteiger partial charge is 0.497 e. The van der Waals surface area contributed by atoms with Gasteiger partial charge in [0.2, 0.25) is 5.78 Å². The number of esters is 1. The molecule has 0 amide bonds. The number of benzene rings is 3. The average molecular weight is 456 g/mol. The van der Waals surface area contributed by atoms with Gasteiger partial charge in [0.1, 0.15) is 23.0 Å². The van der Waals surface area contributed by atoms with Crippen LogP contribution in [0.2, 0.25) is 0 Å². The molecule has 1 atom stereocenters. The maximum Gasteiger partial charge on any atom is 0.312 e. The molecule has 0 saturated heterocycles. The summed E-state index contributed by atoms with van der Waals surface area (Å²) in [6.07, 6.45) is 1.92. The van der Waals surface area contributed by atoms with Crippen LogP contribution in [-0.2, 0) is 4.79 Å². The van der Waals surface area contributed by atoms with Gasteiger partial charge in [-0.3, -0.25) is 9.59 Å². The number of ketones is 1. The van der Waals surface area contributed by atoms with Crippen LogP contribution in [0.1, 0.15) is 53.2 Å². The lowest BCUT2D eigenvalue weighted by molar-refractivity contribution is -0.135. The lowest BCUT2D eigenvalue weighted by Crippen LogP contribution is -2.21. The van der Waals surface area contributed by atoms with Gasteiger partial charge in [-0.05, 0) is 67.4 Å². The topological polar surface area (TPSA) is 71.1 Å². The molecular formula is C28H24O6. The van der Waals surface area contributed by atoms with E-state index in [1.165, 1.54) is 0 Å². The molecule has 0 saturated carbocycles. The van der Waals surface area contributed by atoms with Crippen molar-refractivity contribution < 1.29 is 28.5 Å². The van der Waals surface area contributed by atoms with E-state index in [0.717, 1.165) is 22.6 Å². The van der Waals surface area contributed by atoms with Crippen LogP contribution in [0, 0.1) is 0 Å². The Morgan fingerprint density at radius 3 is 2.29 bits per heavy atom. The molecule has 2 aliphatic heterocycles. The standard InChI is InChI=1S/C28H24O6/c1-16(2)32-20-10-6-18(7-11-20)22-15-25(29)33-23-13-12-21-27(30)24(34-28(21)26(22)23)14-17-4-8-19(31-3)9-5-17/h4-14,16,22H,15H2,1-3H3/b24-14-/t22-/m0/s1. The Morgan fingerprint density at radius 2 is 1.62 bits per heavy atom. The molecule has 3 aromatic rings. The summed E-state index contributed by atoms with van der Waals surface area (Å²) < 4.78 is 22.6. The number of hydrogen-bond acceptors (Lipinski definition) is 6. The summed E-state index contributed by atoms with van der Waals surface area (Å²) in [5.41, 5.74) is 2.91. The zero-order valence-electron chi connectivity index (χ0n) is 19.2. The van der Waals surface area contributed by atoms with Gasteiger partial charge in [-0.2, -0.15) is 0 Å². The molecule has 0 radical (unpaired) electrons. The minimum absolute atomic E-state index is 0.0647. The Hall–Kier alpha value is -4.06. The molecule has 2 heterocycles. The molecule has 0 aromatic heterocycles. The van der Waals surface area contributed by atoms with E-state index in [4.69, 9.17) is 18.9 Å². The third-order valence-electron chi connectivity index (χ3n) is 5.85. The number of rotatable bonds is 5. The van der Waals surface area contributed by atoms with Crippen molar-refractivity contribution in [3.05, 3.63) is 88.7 Å². The molecule has 6 nitrogen and oxygen atoms in total. The number of methoxy groups -OCH3 is 1. The van der Waals surface area contributed by atoms with Crippen LogP contribution in [0.4, 0.5) is 0 Å². The van der Waals surface area contributed by atoms with Crippen molar-refractivity contribution in [2.24, 2.45) is 0 Å². The van der Waals surface area contributed by atoms with Crippen molar-refractivity contribution in [2.75, 3.05) is 7.11 Å². The molecule has 6 heteroatoms. The fraction of sp³-hybridized carbons (Fsp3) is 0.214. The maximum absolute atomic E-state index is 13.1. The summed E-state index contributed by atoms with van der Waals surface area (Å²) in [5, 5.41) is 0. The van der Waals surface area contributed by atoms with Crippen LogP contribution in [0.5, 0.6) is 23.0 Å². The van der Waals surface area contributed by atoms with Crippen molar-refractivity contribution in [3.8, 4) is 23.0 Å². The Kier molecular flexibility index (Phi) is 5.57. The van der Waals surface area contributed by atoms with Crippen LogP contribution in [0.15, 0.2) is 66.4 Å². The lowest BCUT2D eigenvalue weighted by Gasteiger charge is -2.26. The van der Waals surface area contributed by atoms with E-state index >= 15 is 0 Å². The van der Waals surface area contributed by atoms with Crippen molar-refractivity contribution in [3.63, 3.8) is 0 Å².